The fourth-order valence-corrected chi connectivity index (χ4v) is 2.74. The average molecular weight is 297 g/mol. The smallest absolute Gasteiger partial charge is 0.231 e. The van der Waals surface area contributed by atoms with E-state index in [0.717, 1.165) is 11.5 Å². The van der Waals surface area contributed by atoms with E-state index in [1.165, 1.54) is 12.8 Å². The highest BCUT2D eigenvalue weighted by molar-refractivity contribution is 7.10. The number of rotatable bonds is 8. The van der Waals surface area contributed by atoms with Crippen molar-refractivity contribution in [3.05, 3.63) is 22.4 Å². The lowest BCUT2D eigenvalue weighted by Crippen LogP contribution is -2.43. The van der Waals surface area contributed by atoms with Crippen LogP contribution in [0.1, 0.15) is 31.6 Å². The van der Waals surface area contributed by atoms with Gasteiger partial charge in [0.1, 0.15) is 0 Å². The fraction of sp³-hybridized carbons (Fsp3) is 0.667. The Kier molecular flexibility index (Phi) is 5.18. The highest BCUT2D eigenvalue weighted by atomic mass is 32.1. The quantitative estimate of drug-likeness (QED) is 0.771. The molecule has 0 aliphatic heterocycles. The van der Waals surface area contributed by atoms with E-state index in [9.17, 15) is 9.90 Å². The van der Waals surface area contributed by atoms with Crippen molar-refractivity contribution in [1.82, 2.24) is 5.32 Å². The zero-order chi connectivity index (χ0) is 14.6. The van der Waals surface area contributed by atoms with Crippen LogP contribution in [0.3, 0.4) is 0 Å². The minimum atomic E-state index is -0.642. The number of aliphatic hydroxyl groups excluding tert-OH is 1. The third-order valence-corrected chi connectivity index (χ3v) is 4.76. The van der Waals surface area contributed by atoms with Gasteiger partial charge in [0.15, 0.2) is 0 Å². The van der Waals surface area contributed by atoms with Crippen LogP contribution in [0.25, 0.3) is 0 Å². The summed E-state index contributed by atoms with van der Waals surface area (Å²) in [7, 11) is 0. The summed E-state index contributed by atoms with van der Waals surface area (Å²) in [4.78, 5) is 13.2. The number of ether oxygens (including phenoxy) is 1. The first-order valence-corrected chi connectivity index (χ1v) is 7.96. The Hall–Kier alpha value is -0.910. The van der Waals surface area contributed by atoms with E-state index in [4.69, 9.17) is 4.74 Å². The molecule has 1 atom stereocenters. The van der Waals surface area contributed by atoms with Crippen molar-refractivity contribution in [1.29, 1.82) is 0 Å². The summed E-state index contributed by atoms with van der Waals surface area (Å²) in [6, 6.07) is 3.90. The molecule has 0 radical (unpaired) electrons. The lowest BCUT2D eigenvalue weighted by atomic mass is 9.90. The first-order valence-electron chi connectivity index (χ1n) is 7.08. The van der Waals surface area contributed by atoms with Crippen LogP contribution < -0.4 is 5.32 Å². The molecule has 0 bridgehead atoms. The number of hydrogen-bond donors (Lipinski definition) is 2. The summed E-state index contributed by atoms with van der Waals surface area (Å²) >= 11 is 1.57. The zero-order valence-corrected chi connectivity index (χ0v) is 12.9. The molecule has 0 saturated heterocycles. The molecule has 1 aliphatic carbocycles. The van der Waals surface area contributed by atoms with E-state index in [2.05, 4.69) is 5.32 Å². The topological polar surface area (TPSA) is 58.6 Å². The normalized spacial score (nSPS) is 16.9. The third-order valence-electron chi connectivity index (χ3n) is 3.56. The molecule has 4 nitrogen and oxygen atoms in total. The summed E-state index contributed by atoms with van der Waals surface area (Å²) < 4.78 is 5.41. The Morgan fingerprint density at radius 1 is 1.60 bits per heavy atom. The highest BCUT2D eigenvalue weighted by Crippen LogP contribution is 2.29. The molecule has 2 rings (SSSR count). The second kappa shape index (κ2) is 6.70. The highest BCUT2D eigenvalue weighted by Gasteiger charge is 2.30. The standard InChI is InChI=1S/C15H23NO3S/c1-15(2,13-4-3-7-20-13)14(18)16-8-12(17)10-19-9-11-5-6-11/h3-4,7,11-12,17H,5-6,8-10H2,1-2H3,(H,16,18)/t12-/m1/s1. The predicted octanol–water partition coefficient (Wildman–Crippen LogP) is 1.93. The molecule has 1 fully saturated rings. The molecular weight excluding hydrogens is 274 g/mol. The van der Waals surface area contributed by atoms with Gasteiger partial charge in [0.05, 0.1) is 18.1 Å². The Morgan fingerprint density at radius 2 is 2.35 bits per heavy atom. The molecule has 5 heteroatoms. The van der Waals surface area contributed by atoms with Crippen LogP contribution in [0.2, 0.25) is 0 Å². The summed E-state index contributed by atoms with van der Waals surface area (Å²) in [6.07, 6.45) is 1.83. The molecule has 0 aromatic carbocycles. The van der Waals surface area contributed by atoms with Crippen LogP contribution in [0.5, 0.6) is 0 Å². The third kappa shape index (κ3) is 4.30. The summed E-state index contributed by atoms with van der Waals surface area (Å²) in [5, 5.41) is 14.6. The van der Waals surface area contributed by atoms with E-state index >= 15 is 0 Å². The Bertz CT molecular complexity index is 426. The van der Waals surface area contributed by atoms with Crippen molar-refractivity contribution >= 4 is 17.2 Å². The van der Waals surface area contributed by atoms with Crippen molar-refractivity contribution in [3.63, 3.8) is 0 Å². The SMILES string of the molecule is CC(C)(C(=O)NC[C@@H](O)COCC1CC1)c1cccs1. The molecular formula is C15H23NO3S. The Morgan fingerprint density at radius 3 is 2.95 bits per heavy atom. The number of carbonyl (C=O) groups excluding carboxylic acids is 1. The Balaban J connectivity index is 1.70. The number of carbonyl (C=O) groups is 1. The second-order valence-corrected chi connectivity index (χ2v) is 6.89. The molecule has 1 saturated carbocycles. The largest absolute Gasteiger partial charge is 0.389 e. The van der Waals surface area contributed by atoms with Crippen molar-refractivity contribution in [3.8, 4) is 0 Å². The van der Waals surface area contributed by atoms with E-state index in [0.29, 0.717) is 5.92 Å². The van der Waals surface area contributed by atoms with E-state index < -0.39 is 11.5 Å². The van der Waals surface area contributed by atoms with Gasteiger partial charge in [-0.2, -0.15) is 0 Å². The van der Waals surface area contributed by atoms with Crippen molar-refractivity contribution < 1.29 is 14.6 Å². The molecule has 0 spiro atoms. The van der Waals surface area contributed by atoms with Crippen LogP contribution >= 0.6 is 11.3 Å². The van der Waals surface area contributed by atoms with Gasteiger partial charge in [0, 0.05) is 18.0 Å². The maximum absolute atomic E-state index is 12.2. The molecule has 112 valence electrons. The number of hydrogen-bond acceptors (Lipinski definition) is 4. The van der Waals surface area contributed by atoms with E-state index in [-0.39, 0.29) is 19.1 Å². The van der Waals surface area contributed by atoms with Crippen molar-refractivity contribution in [2.24, 2.45) is 5.92 Å². The van der Waals surface area contributed by atoms with Crippen LogP contribution in [0, 0.1) is 5.92 Å². The van der Waals surface area contributed by atoms with Crippen LogP contribution in [0.4, 0.5) is 0 Å². The maximum atomic E-state index is 12.2. The van der Waals surface area contributed by atoms with Gasteiger partial charge in [-0.25, -0.2) is 0 Å². The number of aliphatic hydroxyl groups is 1. The van der Waals surface area contributed by atoms with Gasteiger partial charge in [-0.3, -0.25) is 4.79 Å². The fourth-order valence-electron chi connectivity index (χ4n) is 1.89. The monoisotopic (exact) mass is 297 g/mol. The lowest BCUT2D eigenvalue weighted by molar-refractivity contribution is -0.126. The van der Waals surface area contributed by atoms with E-state index in [1.54, 1.807) is 11.3 Å². The summed E-state index contributed by atoms with van der Waals surface area (Å²) in [5.41, 5.74) is -0.567. The number of amides is 1. The minimum Gasteiger partial charge on any atom is -0.389 e. The maximum Gasteiger partial charge on any atom is 0.231 e. The molecule has 1 aliphatic rings. The minimum absolute atomic E-state index is 0.0683. The van der Waals surface area contributed by atoms with Gasteiger partial charge < -0.3 is 15.2 Å². The van der Waals surface area contributed by atoms with Gasteiger partial charge >= 0.3 is 0 Å². The van der Waals surface area contributed by atoms with Gasteiger partial charge in [-0.15, -0.1) is 11.3 Å². The molecule has 1 aromatic rings. The lowest BCUT2D eigenvalue weighted by Gasteiger charge is -2.23. The molecule has 0 unspecified atom stereocenters. The molecule has 20 heavy (non-hydrogen) atoms. The average Bonchev–Trinajstić information content (AvgIpc) is 3.06. The molecule has 1 heterocycles. The summed E-state index contributed by atoms with van der Waals surface area (Å²) in [6.45, 7) is 5.04. The van der Waals surface area contributed by atoms with Crippen LogP contribution in [0.15, 0.2) is 17.5 Å². The number of nitrogens with one attached hydrogen (secondary N) is 1. The molecule has 1 aromatic heterocycles. The predicted molar refractivity (Wildman–Crippen MR) is 79.9 cm³/mol. The number of thiophene rings is 1. The van der Waals surface area contributed by atoms with E-state index in [1.807, 2.05) is 31.4 Å². The van der Waals surface area contributed by atoms with Crippen molar-refractivity contribution in [2.75, 3.05) is 19.8 Å². The molecule has 2 N–H and O–H groups in total. The molecule has 1 amide bonds. The van der Waals surface area contributed by atoms with Gasteiger partial charge in [0.25, 0.3) is 0 Å². The van der Waals surface area contributed by atoms with Crippen LogP contribution in [-0.2, 0) is 14.9 Å². The first-order chi connectivity index (χ1) is 9.50. The first kappa shape index (κ1) is 15.5. The van der Waals surface area contributed by atoms with Gasteiger partial charge in [-0.1, -0.05) is 6.07 Å². The second-order valence-electron chi connectivity index (χ2n) is 5.95. The van der Waals surface area contributed by atoms with Crippen LogP contribution in [-0.4, -0.2) is 36.9 Å². The van der Waals surface area contributed by atoms with Gasteiger partial charge in [0.2, 0.25) is 5.91 Å². The zero-order valence-electron chi connectivity index (χ0n) is 12.1. The summed E-state index contributed by atoms with van der Waals surface area (Å²) in [5.74, 6) is 0.621. The van der Waals surface area contributed by atoms with Crippen molar-refractivity contribution in [2.45, 2.75) is 38.2 Å². The van der Waals surface area contributed by atoms with Gasteiger partial charge in [-0.05, 0) is 44.1 Å². The Labute approximate surface area is 124 Å².